The molecule has 5 nitrogen and oxygen atoms in total. The third kappa shape index (κ3) is 2.97. The number of fused-ring (bicyclic) bond motifs is 1. The van der Waals surface area contributed by atoms with Crippen LogP contribution in [-0.2, 0) is 14.3 Å². The van der Waals surface area contributed by atoms with E-state index in [2.05, 4.69) is 4.74 Å². The highest BCUT2D eigenvalue weighted by atomic mass is 16.6. The first-order chi connectivity index (χ1) is 10.1. The summed E-state index contributed by atoms with van der Waals surface area (Å²) in [6, 6.07) is 10.7. The first kappa shape index (κ1) is 14.8. The van der Waals surface area contributed by atoms with Crippen LogP contribution in [0.15, 0.2) is 36.4 Å². The van der Waals surface area contributed by atoms with Gasteiger partial charge in [0.1, 0.15) is 5.75 Å². The second-order valence-corrected chi connectivity index (χ2v) is 4.43. The Morgan fingerprint density at radius 3 is 2.29 bits per heavy atom. The minimum absolute atomic E-state index is 0.377. The number of ether oxygens (including phenoxy) is 3. The summed E-state index contributed by atoms with van der Waals surface area (Å²) in [5.41, 5.74) is 0.377. The van der Waals surface area contributed by atoms with Crippen molar-refractivity contribution in [3.8, 4) is 5.75 Å². The zero-order chi connectivity index (χ0) is 15.4. The van der Waals surface area contributed by atoms with Crippen LogP contribution in [0.3, 0.4) is 0 Å². The Labute approximate surface area is 122 Å². The zero-order valence-electron chi connectivity index (χ0n) is 12.1. The lowest BCUT2D eigenvalue weighted by molar-refractivity contribution is -0.149. The van der Waals surface area contributed by atoms with Crippen molar-refractivity contribution in [3.63, 3.8) is 0 Å². The molecule has 0 N–H and O–H groups in total. The highest BCUT2D eigenvalue weighted by Crippen LogP contribution is 2.28. The van der Waals surface area contributed by atoms with Crippen LogP contribution in [0.25, 0.3) is 10.8 Å². The second-order valence-electron chi connectivity index (χ2n) is 4.43. The lowest BCUT2D eigenvalue weighted by atomic mass is 10.0. The number of carbonyl (C=O) groups excluding carboxylic acids is 2. The normalized spacial score (nSPS) is 11.8. The van der Waals surface area contributed by atoms with Gasteiger partial charge in [0.05, 0.1) is 19.8 Å². The van der Waals surface area contributed by atoms with Gasteiger partial charge in [0.15, 0.2) is 6.10 Å². The van der Waals surface area contributed by atoms with Gasteiger partial charge in [-0.2, -0.15) is 0 Å². The van der Waals surface area contributed by atoms with Crippen LogP contribution in [0, 0.1) is 0 Å². The van der Waals surface area contributed by atoms with Gasteiger partial charge in [-0.05, 0) is 24.4 Å². The van der Waals surface area contributed by atoms with E-state index in [1.807, 2.05) is 18.2 Å². The summed E-state index contributed by atoms with van der Waals surface area (Å²) in [4.78, 5) is 23.5. The Morgan fingerprint density at radius 1 is 1.00 bits per heavy atom. The van der Waals surface area contributed by atoms with Crippen LogP contribution < -0.4 is 4.74 Å². The van der Waals surface area contributed by atoms with Gasteiger partial charge in [-0.25, -0.2) is 9.59 Å². The van der Waals surface area contributed by atoms with Gasteiger partial charge in [0.2, 0.25) is 0 Å². The first-order valence-electron chi connectivity index (χ1n) is 6.43. The lowest BCUT2D eigenvalue weighted by Gasteiger charge is -2.13. The van der Waals surface area contributed by atoms with Gasteiger partial charge in [-0.15, -0.1) is 0 Å². The molecule has 0 fully saturated rings. The smallest absolute Gasteiger partial charge is 0.346 e. The van der Waals surface area contributed by atoms with Crippen LogP contribution in [0.5, 0.6) is 5.75 Å². The zero-order valence-corrected chi connectivity index (χ0v) is 12.1. The average molecular weight is 288 g/mol. The maximum Gasteiger partial charge on any atom is 0.346 e. The van der Waals surface area contributed by atoms with Crippen LogP contribution in [-0.4, -0.2) is 32.3 Å². The largest absolute Gasteiger partial charge is 0.496 e. The molecular weight excluding hydrogens is 272 g/mol. The summed E-state index contributed by atoms with van der Waals surface area (Å²) in [6.07, 6.45) is -0.955. The predicted octanol–water partition coefficient (Wildman–Crippen LogP) is 2.57. The van der Waals surface area contributed by atoms with E-state index in [-0.39, 0.29) is 0 Å². The summed E-state index contributed by atoms with van der Waals surface area (Å²) in [5.74, 6) is -0.504. The molecule has 0 aliphatic rings. The van der Waals surface area contributed by atoms with E-state index in [0.29, 0.717) is 16.7 Å². The fraction of sp³-hybridized carbons (Fsp3) is 0.250. The van der Waals surface area contributed by atoms with E-state index in [1.54, 1.807) is 25.3 Å². The summed E-state index contributed by atoms with van der Waals surface area (Å²) < 4.78 is 14.9. The van der Waals surface area contributed by atoms with E-state index in [9.17, 15) is 9.59 Å². The molecule has 1 atom stereocenters. The van der Waals surface area contributed by atoms with Gasteiger partial charge in [-0.3, -0.25) is 0 Å². The topological polar surface area (TPSA) is 61.8 Å². The Kier molecular flexibility index (Phi) is 4.42. The minimum Gasteiger partial charge on any atom is -0.496 e. The summed E-state index contributed by atoms with van der Waals surface area (Å²) >= 11 is 0. The molecular formula is C16H16O5. The van der Waals surface area contributed by atoms with Crippen LogP contribution >= 0.6 is 0 Å². The number of hydrogen-bond donors (Lipinski definition) is 0. The number of hydrogen-bond acceptors (Lipinski definition) is 5. The van der Waals surface area contributed by atoms with E-state index in [4.69, 9.17) is 9.47 Å². The molecule has 2 rings (SSSR count). The summed E-state index contributed by atoms with van der Waals surface area (Å²) in [6.45, 7) is 1.47. The number of rotatable bonds is 4. The lowest BCUT2D eigenvalue weighted by Crippen LogP contribution is -2.25. The molecule has 0 amide bonds. The highest BCUT2D eigenvalue weighted by molar-refractivity contribution is 6.06. The highest BCUT2D eigenvalue weighted by Gasteiger charge is 2.21. The molecule has 110 valence electrons. The standard InChI is InChI=1S/C16H16O5/c1-10(15(17)20-3)21-16(18)13-8-9-14(19-2)12-7-5-4-6-11(12)13/h4-10H,1-3H3/t10-/m1/s1. The van der Waals surface area contributed by atoms with Gasteiger partial charge in [0.25, 0.3) is 0 Å². The van der Waals surface area contributed by atoms with Crippen molar-refractivity contribution in [3.05, 3.63) is 42.0 Å². The third-order valence-electron chi connectivity index (χ3n) is 3.14. The summed E-state index contributed by atoms with van der Waals surface area (Å²) in [5, 5.41) is 1.51. The van der Waals surface area contributed by atoms with Gasteiger partial charge >= 0.3 is 11.9 Å². The molecule has 0 aliphatic heterocycles. The minimum atomic E-state index is -0.955. The molecule has 0 radical (unpaired) electrons. The van der Waals surface area contributed by atoms with Crippen molar-refractivity contribution in [1.29, 1.82) is 0 Å². The maximum absolute atomic E-state index is 12.2. The SMILES string of the molecule is COC(=O)[C@@H](C)OC(=O)c1ccc(OC)c2ccccc12. The van der Waals surface area contributed by atoms with Crippen LogP contribution in [0.2, 0.25) is 0 Å². The Morgan fingerprint density at radius 2 is 1.67 bits per heavy atom. The van der Waals surface area contributed by atoms with Gasteiger partial charge < -0.3 is 14.2 Å². The molecule has 2 aromatic rings. The monoisotopic (exact) mass is 288 g/mol. The fourth-order valence-corrected chi connectivity index (χ4v) is 2.07. The molecule has 0 heterocycles. The quantitative estimate of drug-likeness (QED) is 0.809. The molecule has 0 saturated heterocycles. The Balaban J connectivity index is 2.38. The van der Waals surface area contributed by atoms with E-state index in [0.717, 1.165) is 5.39 Å². The average Bonchev–Trinajstić information content (AvgIpc) is 2.52. The first-order valence-corrected chi connectivity index (χ1v) is 6.43. The molecule has 0 unspecified atom stereocenters. The van der Waals surface area contributed by atoms with Crippen molar-refractivity contribution in [1.82, 2.24) is 0 Å². The van der Waals surface area contributed by atoms with E-state index >= 15 is 0 Å². The second kappa shape index (κ2) is 6.26. The molecule has 5 heteroatoms. The van der Waals surface area contributed by atoms with E-state index < -0.39 is 18.0 Å². The van der Waals surface area contributed by atoms with Crippen molar-refractivity contribution >= 4 is 22.7 Å². The number of benzene rings is 2. The molecule has 0 spiro atoms. The molecule has 21 heavy (non-hydrogen) atoms. The van der Waals surface area contributed by atoms with Crippen molar-refractivity contribution in [2.24, 2.45) is 0 Å². The number of carbonyl (C=O) groups is 2. The molecule has 0 aromatic heterocycles. The van der Waals surface area contributed by atoms with Crippen molar-refractivity contribution < 1.29 is 23.8 Å². The number of esters is 2. The van der Waals surface area contributed by atoms with Crippen molar-refractivity contribution in [2.45, 2.75) is 13.0 Å². The Hall–Kier alpha value is -2.56. The number of methoxy groups -OCH3 is 2. The third-order valence-corrected chi connectivity index (χ3v) is 3.14. The van der Waals surface area contributed by atoms with Crippen LogP contribution in [0.1, 0.15) is 17.3 Å². The maximum atomic E-state index is 12.2. The van der Waals surface area contributed by atoms with Gasteiger partial charge in [0, 0.05) is 5.39 Å². The molecule has 0 saturated carbocycles. The Bertz CT molecular complexity index is 677. The van der Waals surface area contributed by atoms with E-state index in [1.165, 1.54) is 14.0 Å². The van der Waals surface area contributed by atoms with Crippen LogP contribution in [0.4, 0.5) is 0 Å². The molecule has 0 bridgehead atoms. The molecule has 0 aliphatic carbocycles. The summed E-state index contributed by atoms with van der Waals surface area (Å²) in [7, 11) is 2.81. The molecule has 2 aromatic carbocycles. The predicted molar refractivity (Wildman–Crippen MR) is 77.4 cm³/mol. The van der Waals surface area contributed by atoms with Crippen molar-refractivity contribution in [2.75, 3.05) is 14.2 Å². The fourth-order valence-electron chi connectivity index (χ4n) is 2.07. The van der Waals surface area contributed by atoms with Gasteiger partial charge in [-0.1, -0.05) is 24.3 Å².